The van der Waals surface area contributed by atoms with Crippen molar-refractivity contribution in [3.05, 3.63) is 119 Å². The highest BCUT2D eigenvalue weighted by Gasteiger charge is 2.45. The smallest absolute Gasteiger partial charge is 0.331 e. The highest BCUT2D eigenvalue weighted by molar-refractivity contribution is 5.89. The number of nitrogens with zero attached hydrogens (tertiary/aromatic N) is 8. The molecule has 5 heterocycles. The molecule has 5 atom stereocenters. The summed E-state index contributed by atoms with van der Waals surface area (Å²) in [7, 11) is 1.51. The number of carbonyl (C=O) groups is 1. The normalized spacial score (nSPS) is 21.2. The van der Waals surface area contributed by atoms with Gasteiger partial charge in [-0.3, -0.25) is 14.1 Å². The van der Waals surface area contributed by atoms with Crippen molar-refractivity contribution in [3.63, 3.8) is 0 Å². The Morgan fingerprint density at radius 1 is 0.963 bits per heavy atom. The number of fused-ring (bicyclic) bond motifs is 1. The number of aromatic hydroxyl groups is 1. The van der Waals surface area contributed by atoms with Crippen LogP contribution >= 0.6 is 0 Å². The number of pyridine rings is 1. The van der Waals surface area contributed by atoms with E-state index in [1.165, 1.54) is 17.8 Å². The number of imidazole rings is 2. The summed E-state index contributed by atoms with van der Waals surface area (Å²) in [5.74, 6) is 0.564. The number of anilines is 3. The van der Waals surface area contributed by atoms with Gasteiger partial charge < -0.3 is 40.7 Å². The van der Waals surface area contributed by atoms with Crippen LogP contribution in [0.1, 0.15) is 42.0 Å². The van der Waals surface area contributed by atoms with Gasteiger partial charge in [-0.1, -0.05) is 60.7 Å². The number of benzene rings is 2. The van der Waals surface area contributed by atoms with E-state index in [2.05, 4.69) is 45.2 Å². The Balaban J connectivity index is 1.12. The number of hydrogen-bond acceptors (Lipinski definition) is 11. The van der Waals surface area contributed by atoms with Gasteiger partial charge in [0.2, 0.25) is 11.8 Å². The lowest BCUT2D eigenvalue weighted by atomic mass is 9.91. The van der Waals surface area contributed by atoms with E-state index in [0.717, 1.165) is 15.7 Å². The molecule has 1 aliphatic heterocycles. The quantitative estimate of drug-likeness (QED) is 0.121. The van der Waals surface area contributed by atoms with E-state index < -0.39 is 30.0 Å². The summed E-state index contributed by atoms with van der Waals surface area (Å²) < 4.78 is 4.05. The first-order valence-corrected chi connectivity index (χ1v) is 17.9. The number of carbonyl (C=O) groups excluding carboxylic acids is 1. The molecule has 1 saturated heterocycles. The van der Waals surface area contributed by atoms with Crippen LogP contribution in [0.3, 0.4) is 0 Å². The fraction of sp³-hybridized carbons (Fsp3) is 0.316. The number of hydrogen-bond donors (Lipinski definition) is 6. The highest BCUT2D eigenvalue weighted by atomic mass is 16.3. The molecule has 6 aromatic rings. The minimum atomic E-state index is -1.35. The van der Waals surface area contributed by atoms with Crippen molar-refractivity contribution in [2.45, 2.75) is 49.1 Å². The van der Waals surface area contributed by atoms with Crippen LogP contribution in [0.25, 0.3) is 11.2 Å². The molecule has 2 amide bonds. The molecule has 0 bridgehead atoms. The fourth-order valence-electron chi connectivity index (χ4n) is 7.65. The van der Waals surface area contributed by atoms with E-state index in [0.29, 0.717) is 54.7 Å². The summed E-state index contributed by atoms with van der Waals surface area (Å²) in [5.41, 5.74) is 3.21. The summed E-state index contributed by atoms with van der Waals surface area (Å²) in [6.45, 7) is 1.49. The fourth-order valence-corrected chi connectivity index (χ4v) is 7.65. The zero-order valence-electron chi connectivity index (χ0n) is 29.5. The molecule has 2 fully saturated rings. The molecule has 0 unspecified atom stereocenters. The van der Waals surface area contributed by atoms with Crippen molar-refractivity contribution < 1.29 is 20.1 Å². The summed E-state index contributed by atoms with van der Waals surface area (Å²) >= 11 is 0. The van der Waals surface area contributed by atoms with E-state index in [4.69, 9.17) is 15.0 Å². The molecule has 278 valence electrons. The van der Waals surface area contributed by atoms with Gasteiger partial charge in [0.15, 0.2) is 17.0 Å². The Hall–Kier alpha value is -6.26. The second kappa shape index (κ2) is 14.6. The van der Waals surface area contributed by atoms with Gasteiger partial charge in [0.25, 0.3) is 0 Å². The van der Waals surface area contributed by atoms with Gasteiger partial charge >= 0.3 is 11.7 Å². The lowest BCUT2D eigenvalue weighted by molar-refractivity contribution is 0.00756. The summed E-state index contributed by atoms with van der Waals surface area (Å²) in [5, 5.41) is 42.5. The van der Waals surface area contributed by atoms with E-state index in [1.807, 2.05) is 41.3 Å². The van der Waals surface area contributed by atoms with Crippen LogP contribution in [-0.4, -0.2) is 92.9 Å². The molecule has 2 aliphatic rings. The third-order valence-electron chi connectivity index (χ3n) is 10.4. The minimum absolute atomic E-state index is 0.0222. The lowest BCUT2D eigenvalue weighted by Gasteiger charge is -2.22. The van der Waals surface area contributed by atoms with E-state index in [1.54, 1.807) is 35.4 Å². The summed E-state index contributed by atoms with van der Waals surface area (Å²) in [6.07, 6.45) is 4.18. The number of aliphatic hydroxyl groups excluding tert-OH is 2. The molecule has 4 aromatic heterocycles. The summed E-state index contributed by atoms with van der Waals surface area (Å²) in [6, 6.07) is 21.8. The number of nitrogens with one attached hydrogen (secondary N) is 3. The van der Waals surface area contributed by atoms with Crippen molar-refractivity contribution in [2.24, 2.45) is 7.05 Å². The molecule has 8 rings (SSSR count). The second-order valence-electron chi connectivity index (χ2n) is 13.8. The number of aromatic nitrogens is 7. The number of amides is 2. The Bertz CT molecular complexity index is 2260. The lowest BCUT2D eigenvalue weighted by Crippen LogP contribution is -2.40. The Kier molecular flexibility index (Phi) is 9.43. The van der Waals surface area contributed by atoms with E-state index >= 15 is 0 Å². The van der Waals surface area contributed by atoms with Crippen LogP contribution in [0.15, 0.2) is 103 Å². The van der Waals surface area contributed by atoms with Gasteiger partial charge in [-0.2, -0.15) is 9.97 Å². The first-order valence-electron chi connectivity index (χ1n) is 17.9. The maximum absolute atomic E-state index is 12.9. The van der Waals surface area contributed by atoms with E-state index in [9.17, 15) is 24.9 Å². The van der Waals surface area contributed by atoms with Gasteiger partial charge in [0, 0.05) is 44.8 Å². The van der Waals surface area contributed by atoms with Crippen LogP contribution < -0.4 is 26.5 Å². The van der Waals surface area contributed by atoms with Crippen molar-refractivity contribution in [1.29, 1.82) is 0 Å². The molecule has 16 nitrogen and oxygen atoms in total. The van der Waals surface area contributed by atoms with Crippen molar-refractivity contribution in [3.8, 4) is 5.88 Å². The van der Waals surface area contributed by atoms with Crippen LogP contribution in [0.5, 0.6) is 5.88 Å². The van der Waals surface area contributed by atoms with Crippen LogP contribution in [-0.2, 0) is 7.05 Å². The number of aliphatic hydroxyl groups is 2. The first-order chi connectivity index (χ1) is 26.2. The monoisotopic (exact) mass is 731 g/mol. The largest absolute Gasteiger partial charge is 0.493 e. The standard InChI is InChI=1S/C38H41N11O5/c1-46-21-30(50)49(38(46)54)29-17-28(32(51)33(29)52)48-22-41-31-34(40-19-27(23-9-4-2-5-10-23)24-11-6-3-7-12-24)44-36(45-35(31)48)47-16-14-26(20-47)43-37(53)42-25-13-8-15-39-18-25/h2-13,15,18,21-22,26-29,32-33,50-52H,14,16-17,19-20H2,1H3,(H,40,44,45)(H2,42,43,53)/t26-,28-,29+,32+,33-/m1/s1. The maximum Gasteiger partial charge on any atom is 0.331 e. The molecular formula is C38H41N11O5. The average molecular weight is 732 g/mol. The predicted octanol–water partition coefficient (Wildman–Crippen LogP) is 2.98. The third-order valence-corrected chi connectivity index (χ3v) is 10.4. The van der Waals surface area contributed by atoms with Crippen molar-refractivity contribution in [2.75, 3.05) is 35.2 Å². The molecular weight excluding hydrogens is 690 g/mol. The minimum Gasteiger partial charge on any atom is -0.493 e. The third kappa shape index (κ3) is 6.72. The highest BCUT2D eigenvalue weighted by Crippen LogP contribution is 2.41. The van der Waals surface area contributed by atoms with Crippen LogP contribution in [0, 0.1) is 0 Å². The maximum atomic E-state index is 12.9. The molecule has 16 heteroatoms. The zero-order valence-corrected chi connectivity index (χ0v) is 29.5. The second-order valence-corrected chi connectivity index (χ2v) is 13.8. The number of rotatable bonds is 10. The van der Waals surface area contributed by atoms with Crippen LogP contribution in [0.4, 0.5) is 22.2 Å². The molecule has 1 aliphatic carbocycles. The predicted molar refractivity (Wildman–Crippen MR) is 202 cm³/mol. The Labute approximate surface area is 309 Å². The van der Waals surface area contributed by atoms with Gasteiger partial charge in [-0.15, -0.1) is 0 Å². The van der Waals surface area contributed by atoms with Crippen molar-refractivity contribution in [1.82, 2.24) is 39.0 Å². The molecule has 54 heavy (non-hydrogen) atoms. The van der Waals surface area contributed by atoms with Crippen molar-refractivity contribution >= 4 is 34.6 Å². The molecule has 0 spiro atoms. The number of urea groups is 1. The Morgan fingerprint density at radius 3 is 2.35 bits per heavy atom. The average Bonchev–Trinajstić information content (AvgIpc) is 3.95. The molecule has 6 N–H and O–H groups in total. The van der Waals surface area contributed by atoms with E-state index in [-0.39, 0.29) is 30.3 Å². The summed E-state index contributed by atoms with van der Waals surface area (Å²) in [4.78, 5) is 46.4. The van der Waals surface area contributed by atoms with Crippen LogP contribution in [0.2, 0.25) is 0 Å². The molecule has 0 radical (unpaired) electrons. The van der Waals surface area contributed by atoms with Gasteiger partial charge in [0.05, 0.1) is 36.5 Å². The molecule has 1 saturated carbocycles. The Morgan fingerprint density at radius 2 is 1.69 bits per heavy atom. The van der Waals surface area contributed by atoms with Gasteiger partial charge in [0.1, 0.15) is 12.2 Å². The first kappa shape index (κ1) is 34.8. The zero-order chi connectivity index (χ0) is 37.3. The topological polar surface area (TPSA) is 201 Å². The van der Waals surface area contributed by atoms with Gasteiger partial charge in [-0.05, 0) is 36.1 Å². The molecule has 2 aromatic carbocycles. The van der Waals surface area contributed by atoms with Gasteiger partial charge in [-0.25, -0.2) is 14.6 Å². The number of aryl methyl sites for hydroxylation is 1. The SMILES string of the molecule is Cn1cc(O)n([C@H]2C[C@@H](n3cnc4c(NCC(c5ccccc5)c5ccccc5)nc(N5CC[C@@H](NC(=O)Nc6cccnc6)C5)nc43)[C@H](O)[C@@H]2O)c1=O.